The number of nitrogens with one attached hydrogen (secondary N) is 1. The number of hydrogen-bond acceptors (Lipinski definition) is 5. The molecule has 14 heteroatoms. The van der Waals surface area contributed by atoms with Crippen LogP contribution in [0, 0.1) is 23.3 Å². The summed E-state index contributed by atoms with van der Waals surface area (Å²) < 4.78 is 101. The first-order valence-corrected chi connectivity index (χ1v) is 9.05. The van der Waals surface area contributed by atoms with Gasteiger partial charge in [0.1, 0.15) is 15.5 Å². The number of benzene rings is 1. The fourth-order valence-electron chi connectivity index (χ4n) is 1.40. The molecule has 128 valence electrons. The van der Waals surface area contributed by atoms with E-state index in [4.69, 9.17) is 5.53 Å². The molecule has 0 unspecified atom stereocenters. The summed E-state index contributed by atoms with van der Waals surface area (Å²) in [5.74, 6) is -9.73. The Kier molecular flexibility index (Phi) is 5.58. The summed E-state index contributed by atoms with van der Waals surface area (Å²) in [5.41, 5.74) is 6.40. The third-order valence-corrected chi connectivity index (χ3v) is 4.80. The quantitative estimate of drug-likeness (QED) is 0.265. The lowest BCUT2D eigenvalue weighted by atomic mass is 10.2. The van der Waals surface area contributed by atoms with Gasteiger partial charge in [-0.1, -0.05) is 5.11 Å². The Morgan fingerprint density at radius 2 is 1.52 bits per heavy atom. The second-order valence-corrected chi connectivity index (χ2v) is 8.11. The van der Waals surface area contributed by atoms with Crippen LogP contribution in [0.2, 0.25) is 0 Å². The van der Waals surface area contributed by atoms with Crippen molar-refractivity contribution in [3.05, 3.63) is 33.7 Å². The zero-order valence-electron chi connectivity index (χ0n) is 11.2. The van der Waals surface area contributed by atoms with Crippen LogP contribution >= 0.6 is 0 Å². The van der Waals surface area contributed by atoms with Crippen molar-refractivity contribution in [3.8, 4) is 0 Å². The van der Waals surface area contributed by atoms with Gasteiger partial charge < -0.3 is 0 Å². The summed E-state index contributed by atoms with van der Waals surface area (Å²) in [5, 5.41) is 2.40. The van der Waals surface area contributed by atoms with E-state index in [9.17, 15) is 34.4 Å². The first-order chi connectivity index (χ1) is 10.4. The SMILES string of the molecule is CS(=O)(=O)CCNS(=O)(=O)c1c(F)c(F)c(N=[N+]=[N-])c(F)c1F. The van der Waals surface area contributed by atoms with Gasteiger partial charge in [-0.15, -0.1) is 0 Å². The van der Waals surface area contributed by atoms with Crippen LogP contribution in [0.4, 0.5) is 23.2 Å². The standard InChI is InChI=1S/C9H8F4N4O4S2/c1-22(18,19)3-2-15-23(20,21)9-6(12)4(10)8(16-17-14)5(11)7(9)13/h15H,2-3H2,1H3. The first-order valence-electron chi connectivity index (χ1n) is 5.50. The van der Waals surface area contributed by atoms with E-state index >= 15 is 0 Å². The van der Waals surface area contributed by atoms with Gasteiger partial charge in [-0.2, -0.15) is 0 Å². The van der Waals surface area contributed by atoms with E-state index in [-0.39, 0.29) is 0 Å². The summed E-state index contributed by atoms with van der Waals surface area (Å²) >= 11 is 0. The third kappa shape index (κ3) is 4.31. The lowest BCUT2D eigenvalue weighted by Crippen LogP contribution is -2.30. The molecular weight excluding hydrogens is 368 g/mol. The minimum Gasteiger partial charge on any atom is -0.229 e. The molecule has 0 fully saturated rings. The predicted molar refractivity (Wildman–Crippen MR) is 70.0 cm³/mol. The highest BCUT2D eigenvalue weighted by Gasteiger charge is 2.32. The van der Waals surface area contributed by atoms with Gasteiger partial charge in [-0.25, -0.2) is 39.1 Å². The van der Waals surface area contributed by atoms with Crippen LogP contribution in [-0.4, -0.2) is 35.4 Å². The Hall–Kier alpha value is -1.89. The Morgan fingerprint density at radius 3 is 1.91 bits per heavy atom. The van der Waals surface area contributed by atoms with Gasteiger partial charge in [0.2, 0.25) is 10.0 Å². The lowest BCUT2D eigenvalue weighted by Gasteiger charge is -2.11. The highest BCUT2D eigenvalue weighted by molar-refractivity contribution is 7.91. The average molecular weight is 376 g/mol. The molecule has 0 aliphatic carbocycles. The summed E-state index contributed by atoms with van der Waals surface area (Å²) in [6.45, 7) is -0.776. The molecule has 0 saturated carbocycles. The van der Waals surface area contributed by atoms with Crippen LogP contribution in [0.3, 0.4) is 0 Å². The molecule has 1 N–H and O–H groups in total. The maximum atomic E-state index is 13.7. The van der Waals surface area contributed by atoms with Crippen molar-refractivity contribution in [2.24, 2.45) is 5.11 Å². The van der Waals surface area contributed by atoms with Gasteiger partial charge in [0.05, 0.1) is 5.75 Å². The smallest absolute Gasteiger partial charge is 0.229 e. The predicted octanol–water partition coefficient (Wildman–Crippen LogP) is 1.51. The minimum atomic E-state index is -5.10. The second-order valence-electron chi connectivity index (χ2n) is 4.15. The fourth-order valence-corrected chi connectivity index (χ4v) is 3.17. The van der Waals surface area contributed by atoms with Crippen molar-refractivity contribution in [1.29, 1.82) is 0 Å². The number of rotatable bonds is 6. The molecule has 1 rings (SSSR count). The van der Waals surface area contributed by atoms with Crippen molar-refractivity contribution in [2.75, 3.05) is 18.6 Å². The van der Waals surface area contributed by atoms with Crippen LogP contribution < -0.4 is 4.72 Å². The Bertz CT molecular complexity index is 866. The largest absolute Gasteiger partial charge is 0.246 e. The van der Waals surface area contributed by atoms with Gasteiger partial charge in [-0.05, 0) is 5.53 Å². The normalized spacial score (nSPS) is 12.0. The molecule has 0 radical (unpaired) electrons. The highest BCUT2D eigenvalue weighted by atomic mass is 32.2. The molecule has 0 atom stereocenters. The molecule has 0 aromatic heterocycles. The summed E-state index contributed by atoms with van der Waals surface area (Å²) in [7, 11) is -8.70. The van der Waals surface area contributed by atoms with Crippen molar-refractivity contribution in [3.63, 3.8) is 0 Å². The molecule has 8 nitrogen and oxygen atoms in total. The third-order valence-electron chi connectivity index (χ3n) is 2.38. The number of azide groups is 1. The minimum absolute atomic E-state index is 0.711. The maximum Gasteiger partial charge on any atom is 0.246 e. The molecule has 0 bridgehead atoms. The molecule has 1 aromatic rings. The van der Waals surface area contributed by atoms with Gasteiger partial charge in [0.15, 0.2) is 28.2 Å². The van der Waals surface area contributed by atoms with Gasteiger partial charge in [0.25, 0.3) is 0 Å². The highest BCUT2D eigenvalue weighted by Crippen LogP contribution is 2.32. The molecule has 1 aromatic carbocycles. The zero-order chi connectivity index (χ0) is 18.0. The van der Waals surface area contributed by atoms with Crippen molar-refractivity contribution in [1.82, 2.24) is 4.72 Å². The Balaban J connectivity index is 3.40. The Morgan fingerprint density at radius 1 is 1.04 bits per heavy atom. The van der Waals surface area contributed by atoms with Crippen molar-refractivity contribution < 1.29 is 34.4 Å². The Labute approximate surface area is 127 Å². The van der Waals surface area contributed by atoms with Crippen LogP contribution in [0.25, 0.3) is 10.4 Å². The molecule has 0 heterocycles. The first kappa shape index (κ1) is 19.2. The monoisotopic (exact) mass is 376 g/mol. The summed E-state index contributed by atoms with van der Waals surface area (Å²) in [6.07, 6.45) is 0.774. The van der Waals surface area contributed by atoms with Gasteiger partial charge in [-0.3, -0.25) is 0 Å². The molecule has 0 aliphatic rings. The molecular formula is C9H8F4N4O4S2. The van der Waals surface area contributed by atoms with Crippen LogP contribution in [-0.2, 0) is 19.9 Å². The van der Waals surface area contributed by atoms with E-state index in [0.717, 1.165) is 6.26 Å². The van der Waals surface area contributed by atoms with Crippen LogP contribution in [0.1, 0.15) is 0 Å². The number of hydrogen-bond donors (Lipinski definition) is 1. The van der Waals surface area contributed by atoms with Gasteiger partial charge >= 0.3 is 0 Å². The summed E-state index contributed by atoms with van der Waals surface area (Å²) in [6, 6.07) is 0. The maximum absolute atomic E-state index is 13.7. The van der Waals surface area contributed by atoms with Gasteiger partial charge in [0, 0.05) is 17.7 Å². The average Bonchev–Trinajstić information content (AvgIpc) is 2.39. The van der Waals surface area contributed by atoms with E-state index in [1.807, 2.05) is 4.91 Å². The van der Waals surface area contributed by atoms with E-state index in [1.54, 1.807) is 0 Å². The van der Waals surface area contributed by atoms with Crippen LogP contribution in [0.15, 0.2) is 10.0 Å². The van der Waals surface area contributed by atoms with Crippen molar-refractivity contribution >= 4 is 25.5 Å². The topological polar surface area (TPSA) is 129 Å². The molecule has 0 spiro atoms. The van der Waals surface area contributed by atoms with Crippen LogP contribution in [0.5, 0.6) is 0 Å². The number of nitrogens with zero attached hydrogens (tertiary/aromatic N) is 3. The molecule has 23 heavy (non-hydrogen) atoms. The van der Waals surface area contributed by atoms with E-state index in [0.29, 0.717) is 0 Å². The lowest BCUT2D eigenvalue weighted by molar-refractivity contribution is 0.421. The number of sulfonamides is 1. The second kappa shape index (κ2) is 6.70. The van der Waals surface area contributed by atoms with Crippen molar-refractivity contribution in [2.45, 2.75) is 4.90 Å². The number of sulfone groups is 1. The molecule has 0 aliphatic heterocycles. The van der Waals surface area contributed by atoms with E-state index in [1.165, 1.54) is 4.72 Å². The molecule has 0 saturated heterocycles. The number of halogens is 4. The van der Waals surface area contributed by atoms with E-state index < -0.39 is 66.0 Å². The fraction of sp³-hybridized carbons (Fsp3) is 0.333. The molecule has 0 amide bonds. The zero-order valence-corrected chi connectivity index (χ0v) is 12.9. The van der Waals surface area contributed by atoms with E-state index in [2.05, 4.69) is 5.11 Å². The summed E-state index contributed by atoms with van der Waals surface area (Å²) in [4.78, 5) is -0.0299.